The molecule has 12 rings (SSSR count). The minimum atomic E-state index is -0.106. The maximum Gasteiger partial charge on any atom is 0.0541 e. The zero-order valence-corrected chi connectivity index (χ0v) is 34.2. The first-order valence-corrected chi connectivity index (χ1v) is 21.3. The molecule has 0 amide bonds. The third kappa shape index (κ3) is 5.49. The van der Waals surface area contributed by atoms with Crippen LogP contribution in [0.25, 0.3) is 82.4 Å². The van der Waals surface area contributed by atoms with E-state index in [2.05, 4.69) is 242 Å². The van der Waals surface area contributed by atoms with Crippen molar-refractivity contribution in [1.29, 1.82) is 0 Å². The van der Waals surface area contributed by atoms with Crippen LogP contribution in [-0.2, 0) is 5.41 Å². The molecule has 0 spiro atoms. The molecule has 0 N–H and O–H groups in total. The Balaban J connectivity index is 1.07. The molecule has 1 aliphatic carbocycles. The van der Waals surface area contributed by atoms with Gasteiger partial charge < -0.3 is 9.47 Å². The van der Waals surface area contributed by atoms with Gasteiger partial charge in [-0.3, -0.25) is 0 Å². The van der Waals surface area contributed by atoms with Crippen LogP contribution >= 0.6 is 0 Å². The first-order chi connectivity index (χ1) is 30.0. The number of hydrogen-bond donors (Lipinski definition) is 0. The molecule has 1 heterocycles. The molecule has 0 unspecified atom stereocenters. The molecule has 11 aromatic rings. The Bertz CT molecular complexity index is 3480. The maximum absolute atomic E-state index is 2.46. The Morgan fingerprint density at radius 1 is 0.361 bits per heavy atom. The van der Waals surface area contributed by atoms with E-state index in [-0.39, 0.29) is 5.41 Å². The highest BCUT2D eigenvalue weighted by Crippen LogP contribution is 2.51. The van der Waals surface area contributed by atoms with E-state index in [1.54, 1.807) is 0 Å². The van der Waals surface area contributed by atoms with Crippen LogP contribution in [0.4, 0.5) is 17.1 Å². The summed E-state index contributed by atoms with van der Waals surface area (Å²) < 4.78 is 2.41. The lowest BCUT2D eigenvalue weighted by Gasteiger charge is -2.29. The number of nitrogens with zero attached hydrogens (tertiary/aromatic N) is 2. The Morgan fingerprint density at radius 2 is 0.951 bits per heavy atom. The zero-order chi connectivity index (χ0) is 40.7. The van der Waals surface area contributed by atoms with Crippen molar-refractivity contribution in [2.75, 3.05) is 4.90 Å². The Hall–Kier alpha value is -7.68. The van der Waals surface area contributed by atoms with E-state index in [1.165, 1.54) is 87.9 Å². The summed E-state index contributed by atoms with van der Waals surface area (Å²) in [6, 6.07) is 80.5. The average Bonchev–Trinajstić information content (AvgIpc) is 3.77. The summed E-state index contributed by atoms with van der Waals surface area (Å²) in [5.41, 5.74) is 16.9. The van der Waals surface area contributed by atoms with Gasteiger partial charge in [-0.15, -0.1) is 0 Å². The number of para-hydroxylation sites is 3. The second kappa shape index (κ2) is 13.7. The molecular formula is C59H42N2. The molecule has 0 bridgehead atoms. The van der Waals surface area contributed by atoms with Crippen molar-refractivity contribution in [2.45, 2.75) is 19.3 Å². The van der Waals surface area contributed by atoms with Crippen molar-refractivity contribution in [1.82, 2.24) is 4.57 Å². The SMILES string of the molecule is CC1(C)c2ccccc2-c2ccc(-c3ccccc3N(c3cccc(-c4cccc5c4ccc4ccccc45)c3)c3cccc(-n4c5ccccc5c5ccccc54)c3)cc21. The van der Waals surface area contributed by atoms with Gasteiger partial charge in [0.1, 0.15) is 0 Å². The normalized spacial score (nSPS) is 12.9. The fraction of sp³-hybridized carbons (Fsp3) is 0.0508. The summed E-state index contributed by atoms with van der Waals surface area (Å²) in [5, 5.41) is 7.55. The van der Waals surface area contributed by atoms with Crippen LogP contribution in [0.2, 0.25) is 0 Å². The van der Waals surface area contributed by atoms with E-state index in [0.717, 1.165) is 22.7 Å². The highest BCUT2D eigenvalue weighted by atomic mass is 15.1. The molecule has 1 aromatic heterocycles. The van der Waals surface area contributed by atoms with Gasteiger partial charge in [-0.1, -0.05) is 178 Å². The molecule has 288 valence electrons. The molecular weight excluding hydrogens is 737 g/mol. The van der Waals surface area contributed by atoms with Gasteiger partial charge in [-0.05, 0) is 115 Å². The molecule has 0 aliphatic heterocycles. The number of aromatic nitrogens is 1. The lowest BCUT2D eigenvalue weighted by Crippen LogP contribution is -2.15. The van der Waals surface area contributed by atoms with Crippen LogP contribution in [0.15, 0.2) is 218 Å². The largest absolute Gasteiger partial charge is 0.310 e. The number of benzene rings is 10. The monoisotopic (exact) mass is 778 g/mol. The predicted molar refractivity (Wildman–Crippen MR) is 259 cm³/mol. The molecule has 0 atom stereocenters. The summed E-state index contributed by atoms with van der Waals surface area (Å²) in [4.78, 5) is 2.46. The molecule has 0 radical (unpaired) electrons. The summed E-state index contributed by atoms with van der Waals surface area (Å²) in [6.45, 7) is 4.72. The number of hydrogen-bond acceptors (Lipinski definition) is 1. The van der Waals surface area contributed by atoms with E-state index in [9.17, 15) is 0 Å². The lowest BCUT2D eigenvalue weighted by molar-refractivity contribution is 0.660. The van der Waals surface area contributed by atoms with Crippen LogP contribution in [-0.4, -0.2) is 4.57 Å². The van der Waals surface area contributed by atoms with E-state index < -0.39 is 0 Å². The topological polar surface area (TPSA) is 8.17 Å². The summed E-state index contributed by atoms with van der Waals surface area (Å²) in [7, 11) is 0. The van der Waals surface area contributed by atoms with Crippen molar-refractivity contribution in [2.24, 2.45) is 0 Å². The minimum absolute atomic E-state index is 0.106. The van der Waals surface area contributed by atoms with Crippen LogP contribution in [0.3, 0.4) is 0 Å². The molecule has 0 fully saturated rings. The molecule has 2 nitrogen and oxygen atoms in total. The van der Waals surface area contributed by atoms with Gasteiger partial charge in [0.2, 0.25) is 0 Å². The zero-order valence-electron chi connectivity index (χ0n) is 34.2. The third-order valence-corrected chi connectivity index (χ3v) is 13.2. The van der Waals surface area contributed by atoms with Gasteiger partial charge in [-0.25, -0.2) is 0 Å². The predicted octanol–water partition coefficient (Wildman–Crippen LogP) is 16.2. The molecule has 1 aliphatic rings. The van der Waals surface area contributed by atoms with Crippen molar-refractivity contribution in [3.8, 4) is 39.1 Å². The second-order valence-electron chi connectivity index (χ2n) is 16.9. The standard InChI is InChI=1S/C59H42N2/c1-59(2)54-28-9-5-23-50(54)51-35-33-41(37-55(51)59)47-22-6-10-29-56(47)60(43-19-14-20-44(38-43)61-57-30-11-7-24-52(57)53-25-8-12-31-58(53)61)42-18-13-17-40(36-42)46-26-15-27-48-45-21-4-3-16-39(45)32-34-49(46)48/h3-38H,1-2H3. The van der Waals surface area contributed by atoms with E-state index in [4.69, 9.17) is 0 Å². The lowest BCUT2D eigenvalue weighted by atomic mass is 9.81. The summed E-state index contributed by atoms with van der Waals surface area (Å²) >= 11 is 0. The Labute approximate surface area is 356 Å². The van der Waals surface area contributed by atoms with Crippen molar-refractivity contribution < 1.29 is 0 Å². The molecule has 0 saturated carbocycles. The fourth-order valence-electron chi connectivity index (χ4n) is 10.3. The first-order valence-electron chi connectivity index (χ1n) is 21.3. The number of anilines is 3. The van der Waals surface area contributed by atoms with Gasteiger partial charge in [0.05, 0.1) is 16.7 Å². The van der Waals surface area contributed by atoms with E-state index in [0.29, 0.717) is 0 Å². The fourth-order valence-corrected chi connectivity index (χ4v) is 10.3. The van der Waals surface area contributed by atoms with Gasteiger partial charge in [0.15, 0.2) is 0 Å². The van der Waals surface area contributed by atoms with E-state index >= 15 is 0 Å². The van der Waals surface area contributed by atoms with Crippen molar-refractivity contribution in [3.05, 3.63) is 230 Å². The molecule has 61 heavy (non-hydrogen) atoms. The molecule has 0 saturated heterocycles. The van der Waals surface area contributed by atoms with Crippen LogP contribution in [0, 0.1) is 0 Å². The van der Waals surface area contributed by atoms with Crippen LogP contribution < -0.4 is 4.90 Å². The highest BCUT2D eigenvalue weighted by Gasteiger charge is 2.35. The third-order valence-electron chi connectivity index (χ3n) is 13.2. The van der Waals surface area contributed by atoms with Gasteiger partial charge in [0.25, 0.3) is 0 Å². The van der Waals surface area contributed by atoms with Gasteiger partial charge in [-0.2, -0.15) is 0 Å². The second-order valence-corrected chi connectivity index (χ2v) is 16.9. The maximum atomic E-state index is 2.46. The van der Waals surface area contributed by atoms with Crippen LogP contribution in [0.5, 0.6) is 0 Å². The van der Waals surface area contributed by atoms with E-state index in [1.807, 2.05) is 0 Å². The van der Waals surface area contributed by atoms with Crippen molar-refractivity contribution >= 4 is 60.4 Å². The summed E-state index contributed by atoms with van der Waals surface area (Å²) in [6.07, 6.45) is 0. The number of fused-ring (bicyclic) bond motifs is 9. The molecule has 2 heteroatoms. The summed E-state index contributed by atoms with van der Waals surface area (Å²) in [5.74, 6) is 0. The van der Waals surface area contributed by atoms with Gasteiger partial charge in [0, 0.05) is 38.8 Å². The first kappa shape index (κ1) is 35.3. The van der Waals surface area contributed by atoms with Gasteiger partial charge >= 0.3 is 0 Å². The highest BCUT2D eigenvalue weighted by molar-refractivity contribution is 6.12. The quantitative estimate of drug-likeness (QED) is 0.153. The minimum Gasteiger partial charge on any atom is -0.310 e. The average molecular weight is 779 g/mol. The smallest absolute Gasteiger partial charge is 0.0541 e. The van der Waals surface area contributed by atoms with Crippen LogP contribution in [0.1, 0.15) is 25.0 Å². The number of rotatable bonds is 6. The Kier molecular flexibility index (Phi) is 7.92. The van der Waals surface area contributed by atoms with Crippen molar-refractivity contribution in [3.63, 3.8) is 0 Å². The Morgan fingerprint density at radius 3 is 1.77 bits per heavy atom. The molecule has 10 aromatic carbocycles.